The van der Waals surface area contributed by atoms with Crippen LogP contribution in [0, 0.1) is 6.92 Å². The maximum Gasteiger partial charge on any atom is 0.259 e. The van der Waals surface area contributed by atoms with Crippen LogP contribution >= 0.6 is 0 Å². The normalized spacial score (nSPS) is 17.0. The number of nitrogens with one attached hydrogen (secondary N) is 1. The fraction of sp³-hybridized carbons (Fsp3) is 0.227. The number of benzene rings is 2. The van der Waals surface area contributed by atoms with Gasteiger partial charge in [-0.2, -0.15) is 4.31 Å². The molecule has 1 aliphatic rings. The van der Waals surface area contributed by atoms with E-state index in [0.717, 1.165) is 0 Å². The topological polar surface area (TPSA) is 92.3 Å². The van der Waals surface area contributed by atoms with Gasteiger partial charge < -0.3 is 5.32 Å². The number of rotatable bonds is 5. The van der Waals surface area contributed by atoms with Crippen molar-refractivity contribution in [2.45, 2.75) is 30.7 Å². The number of nitrogens with zero attached hydrogens (tertiary/aromatic N) is 3. The van der Waals surface area contributed by atoms with Crippen molar-refractivity contribution >= 4 is 21.6 Å². The summed E-state index contributed by atoms with van der Waals surface area (Å²) in [6.07, 6.45) is 2.76. The number of para-hydroxylation sites is 1. The minimum atomic E-state index is -3.71. The molecule has 2 heterocycles. The summed E-state index contributed by atoms with van der Waals surface area (Å²) < 4.78 is 28.0. The third-order valence-electron chi connectivity index (χ3n) is 5.08. The second kappa shape index (κ2) is 8.33. The van der Waals surface area contributed by atoms with Crippen LogP contribution in [0.4, 0.5) is 5.69 Å². The number of anilines is 1. The van der Waals surface area contributed by atoms with E-state index in [-0.39, 0.29) is 16.4 Å². The van der Waals surface area contributed by atoms with Crippen molar-refractivity contribution in [3.8, 4) is 0 Å². The lowest BCUT2D eigenvalue weighted by Gasteiger charge is -2.25. The molecule has 2 aromatic carbocycles. The highest BCUT2D eigenvalue weighted by molar-refractivity contribution is 7.89. The van der Waals surface area contributed by atoms with Crippen LogP contribution < -0.4 is 5.32 Å². The molecule has 1 N–H and O–H groups in total. The molecule has 1 aliphatic heterocycles. The SMILES string of the molecule is Cc1ncc(C(=O)Nc2ccccc2)c([C@H]2CCCN2S(=O)(=O)c2ccccc2)n1. The first-order valence-corrected chi connectivity index (χ1v) is 11.2. The van der Waals surface area contributed by atoms with Crippen LogP contribution in [0.1, 0.15) is 40.8 Å². The van der Waals surface area contributed by atoms with Crippen LogP contribution in [0.15, 0.2) is 71.8 Å². The average molecular weight is 423 g/mol. The van der Waals surface area contributed by atoms with Gasteiger partial charge in [0.1, 0.15) is 5.82 Å². The zero-order valence-electron chi connectivity index (χ0n) is 16.5. The van der Waals surface area contributed by atoms with Crippen molar-refractivity contribution in [2.24, 2.45) is 0 Å². The van der Waals surface area contributed by atoms with Gasteiger partial charge in [0, 0.05) is 18.4 Å². The summed E-state index contributed by atoms with van der Waals surface area (Å²) in [5.74, 6) is 0.130. The Balaban J connectivity index is 1.71. The van der Waals surface area contributed by atoms with Gasteiger partial charge >= 0.3 is 0 Å². The number of carbonyl (C=O) groups is 1. The predicted octanol–water partition coefficient (Wildman–Crippen LogP) is 3.56. The van der Waals surface area contributed by atoms with Crippen molar-refractivity contribution in [3.63, 3.8) is 0 Å². The van der Waals surface area contributed by atoms with E-state index in [1.807, 2.05) is 18.2 Å². The molecular formula is C22H22N4O3S. The fourth-order valence-electron chi connectivity index (χ4n) is 3.67. The second-order valence-corrected chi connectivity index (χ2v) is 9.01. The zero-order valence-corrected chi connectivity index (χ0v) is 17.3. The summed E-state index contributed by atoms with van der Waals surface area (Å²) in [5, 5.41) is 2.84. The molecule has 4 rings (SSSR count). The molecule has 1 amide bonds. The Labute approximate surface area is 175 Å². The Hall–Kier alpha value is -3.10. The van der Waals surface area contributed by atoms with Crippen LogP contribution in [-0.4, -0.2) is 35.1 Å². The largest absolute Gasteiger partial charge is 0.322 e. The number of carbonyl (C=O) groups excluding carboxylic acids is 1. The molecule has 0 radical (unpaired) electrons. The summed E-state index contributed by atoms with van der Waals surface area (Å²) in [7, 11) is -3.71. The Kier molecular flexibility index (Phi) is 5.61. The highest BCUT2D eigenvalue weighted by Gasteiger charge is 2.39. The van der Waals surface area contributed by atoms with Gasteiger partial charge in [-0.05, 0) is 44.0 Å². The summed E-state index contributed by atoms with van der Waals surface area (Å²) in [6.45, 7) is 2.11. The smallest absolute Gasteiger partial charge is 0.259 e. The van der Waals surface area contributed by atoms with Gasteiger partial charge in [-0.1, -0.05) is 36.4 Å². The van der Waals surface area contributed by atoms with E-state index in [1.165, 1.54) is 10.5 Å². The van der Waals surface area contributed by atoms with Crippen molar-refractivity contribution in [2.75, 3.05) is 11.9 Å². The molecule has 0 unspecified atom stereocenters. The quantitative estimate of drug-likeness (QED) is 0.679. The minimum absolute atomic E-state index is 0.234. The van der Waals surface area contributed by atoms with Crippen molar-refractivity contribution < 1.29 is 13.2 Å². The first-order chi connectivity index (χ1) is 14.5. The number of sulfonamides is 1. The van der Waals surface area contributed by atoms with Crippen LogP contribution in [0.25, 0.3) is 0 Å². The summed E-state index contributed by atoms with van der Waals surface area (Å²) >= 11 is 0. The highest BCUT2D eigenvalue weighted by Crippen LogP contribution is 2.37. The van der Waals surface area contributed by atoms with Crippen LogP contribution in [-0.2, 0) is 10.0 Å². The first-order valence-electron chi connectivity index (χ1n) is 9.73. The molecule has 30 heavy (non-hydrogen) atoms. The van der Waals surface area contributed by atoms with E-state index in [9.17, 15) is 13.2 Å². The second-order valence-electron chi connectivity index (χ2n) is 7.12. The van der Waals surface area contributed by atoms with E-state index >= 15 is 0 Å². The summed E-state index contributed by atoms with van der Waals surface area (Å²) in [5.41, 5.74) is 1.37. The molecule has 7 nitrogen and oxygen atoms in total. The molecule has 3 aromatic rings. The van der Waals surface area contributed by atoms with Crippen LogP contribution in [0.3, 0.4) is 0 Å². The van der Waals surface area contributed by atoms with Gasteiger partial charge in [-0.3, -0.25) is 4.79 Å². The maximum absolute atomic E-state index is 13.3. The van der Waals surface area contributed by atoms with E-state index < -0.39 is 16.1 Å². The summed E-state index contributed by atoms with van der Waals surface area (Å²) in [4.78, 5) is 21.9. The maximum atomic E-state index is 13.3. The lowest BCUT2D eigenvalue weighted by molar-refractivity contribution is 0.102. The summed E-state index contributed by atoms with van der Waals surface area (Å²) in [6, 6.07) is 16.9. The molecule has 1 aromatic heterocycles. The van der Waals surface area contributed by atoms with E-state index in [2.05, 4.69) is 15.3 Å². The Morgan fingerprint density at radius 3 is 2.43 bits per heavy atom. The van der Waals surface area contributed by atoms with Gasteiger partial charge in [-0.15, -0.1) is 0 Å². The van der Waals surface area contributed by atoms with Crippen molar-refractivity contribution in [1.29, 1.82) is 0 Å². The predicted molar refractivity (Wildman–Crippen MR) is 113 cm³/mol. The molecule has 0 spiro atoms. The molecule has 1 saturated heterocycles. The minimum Gasteiger partial charge on any atom is -0.322 e. The number of amides is 1. The van der Waals surface area contributed by atoms with E-state index in [1.54, 1.807) is 49.4 Å². The van der Waals surface area contributed by atoms with E-state index in [0.29, 0.717) is 36.6 Å². The monoisotopic (exact) mass is 422 g/mol. The zero-order chi connectivity index (χ0) is 21.1. The first kappa shape index (κ1) is 20.2. The molecule has 1 fully saturated rings. The lowest BCUT2D eigenvalue weighted by Crippen LogP contribution is -2.32. The average Bonchev–Trinajstić information content (AvgIpc) is 3.26. The molecule has 0 aliphatic carbocycles. The van der Waals surface area contributed by atoms with Gasteiger partial charge in [0.15, 0.2) is 0 Å². The number of hydrogen-bond acceptors (Lipinski definition) is 5. The van der Waals surface area contributed by atoms with Gasteiger partial charge in [-0.25, -0.2) is 18.4 Å². The molecular weight excluding hydrogens is 400 g/mol. The molecule has 0 saturated carbocycles. The van der Waals surface area contributed by atoms with Crippen molar-refractivity contribution in [1.82, 2.24) is 14.3 Å². The van der Waals surface area contributed by atoms with Gasteiger partial charge in [0.05, 0.1) is 22.2 Å². The van der Waals surface area contributed by atoms with Gasteiger partial charge in [0.25, 0.3) is 5.91 Å². The third-order valence-corrected chi connectivity index (χ3v) is 7.01. The van der Waals surface area contributed by atoms with Crippen LogP contribution in [0.2, 0.25) is 0 Å². The van der Waals surface area contributed by atoms with E-state index in [4.69, 9.17) is 0 Å². The van der Waals surface area contributed by atoms with Crippen molar-refractivity contribution in [3.05, 3.63) is 83.9 Å². The van der Waals surface area contributed by atoms with Crippen LogP contribution in [0.5, 0.6) is 0 Å². The molecule has 0 bridgehead atoms. The Morgan fingerprint density at radius 1 is 1.07 bits per heavy atom. The number of aryl methyl sites for hydroxylation is 1. The fourth-order valence-corrected chi connectivity index (χ4v) is 5.35. The third kappa shape index (κ3) is 3.96. The number of hydrogen-bond donors (Lipinski definition) is 1. The highest BCUT2D eigenvalue weighted by atomic mass is 32.2. The standard InChI is InChI=1S/C22H22N4O3S/c1-16-23-15-19(22(27)25-17-9-4-2-5-10-17)21(24-16)20-13-8-14-26(20)30(28,29)18-11-6-3-7-12-18/h2-7,9-12,15,20H,8,13-14H2,1H3,(H,25,27)/t20-/m1/s1. The Morgan fingerprint density at radius 2 is 1.73 bits per heavy atom. The van der Waals surface area contributed by atoms with Gasteiger partial charge in [0.2, 0.25) is 10.0 Å². The lowest BCUT2D eigenvalue weighted by atomic mass is 10.1. The molecule has 1 atom stereocenters. The number of aromatic nitrogens is 2. The molecule has 154 valence electrons. The Bertz CT molecular complexity index is 1150. The molecule has 8 heteroatoms.